The zero-order valence-corrected chi connectivity index (χ0v) is 15.5. The number of hydrogen-bond donors (Lipinski definition) is 1. The molecule has 1 N–H and O–H groups in total. The average Bonchev–Trinajstić information content (AvgIpc) is 2.92. The third-order valence-corrected chi connectivity index (χ3v) is 5.43. The maximum absolute atomic E-state index is 5.85. The van der Waals surface area contributed by atoms with Gasteiger partial charge < -0.3 is 30.1 Å². The number of hydrogen-bond acceptors (Lipinski definition) is 5. The van der Waals surface area contributed by atoms with Gasteiger partial charge in [0.25, 0.3) is 0 Å². The van der Waals surface area contributed by atoms with Gasteiger partial charge in [0.1, 0.15) is 0 Å². The highest BCUT2D eigenvalue weighted by Crippen LogP contribution is 2.40. The fourth-order valence-corrected chi connectivity index (χ4v) is 4.31. The van der Waals surface area contributed by atoms with E-state index in [0.717, 1.165) is 32.6 Å². The molecule has 0 aromatic carbocycles. The summed E-state index contributed by atoms with van der Waals surface area (Å²) >= 11 is 0. The van der Waals surface area contributed by atoms with Crippen molar-refractivity contribution in [3.05, 3.63) is 5.43 Å². The van der Waals surface area contributed by atoms with E-state index in [2.05, 4.69) is 29.3 Å². The summed E-state index contributed by atoms with van der Waals surface area (Å²) in [4.78, 5) is 2.42. The normalized spacial score (nSPS) is 36.0. The summed E-state index contributed by atoms with van der Waals surface area (Å²) in [6.45, 7) is 4.23. The van der Waals surface area contributed by atoms with Crippen molar-refractivity contribution in [3.8, 4) is 0 Å². The van der Waals surface area contributed by atoms with E-state index in [-0.39, 0.29) is 12.2 Å². The number of methoxy groups -OCH3 is 2. The van der Waals surface area contributed by atoms with Crippen molar-refractivity contribution in [1.29, 1.82) is 0 Å². The summed E-state index contributed by atoms with van der Waals surface area (Å²) in [6, 6.07) is 0.347. The maximum Gasteiger partial charge on any atom is 0.0847 e. The second-order valence-electron chi connectivity index (χ2n) is 7.14. The molecule has 6 nitrogen and oxygen atoms in total. The van der Waals surface area contributed by atoms with Crippen LogP contribution in [-0.4, -0.2) is 89.7 Å². The first-order chi connectivity index (χ1) is 11.1. The molecule has 0 amide bonds. The van der Waals surface area contributed by atoms with E-state index in [4.69, 9.17) is 14.9 Å². The fraction of sp³-hybridized carbons (Fsp3) is 1.00. The third-order valence-electron chi connectivity index (χ3n) is 5.43. The van der Waals surface area contributed by atoms with Crippen molar-refractivity contribution >= 4 is 0 Å². The highest BCUT2D eigenvalue weighted by molar-refractivity contribution is 5.08. The Bertz CT molecular complexity index is 345. The summed E-state index contributed by atoms with van der Waals surface area (Å²) in [6.07, 6.45) is 3.88. The number of likely N-dealkylation sites (N-methyl/N-ethyl adjacent to an activating group) is 2. The molecule has 1 aliphatic heterocycles. The molecule has 1 saturated carbocycles. The van der Waals surface area contributed by atoms with Crippen LogP contribution in [0.4, 0.5) is 0 Å². The van der Waals surface area contributed by atoms with E-state index in [1.165, 1.54) is 12.8 Å². The van der Waals surface area contributed by atoms with Gasteiger partial charge in [-0.3, -0.25) is 0 Å². The average molecular weight is 327 g/mol. The quantitative estimate of drug-likeness (QED) is 0.726. The van der Waals surface area contributed by atoms with Gasteiger partial charge in [-0.05, 0) is 52.4 Å². The highest BCUT2D eigenvalue weighted by Gasteiger charge is 2.39. The van der Waals surface area contributed by atoms with Gasteiger partial charge in [-0.2, -0.15) is 0 Å². The largest absolute Gasteiger partial charge is 0.591 e. The first kappa shape index (κ1) is 19.1. The third kappa shape index (κ3) is 4.87. The van der Waals surface area contributed by atoms with E-state index in [9.17, 15) is 0 Å². The van der Waals surface area contributed by atoms with Crippen molar-refractivity contribution in [2.75, 3.05) is 61.5 Å². The standard InChI is InChI=1S/C17H35N4O2/c1-18-9-10-20(2)11-13-12-21(3)19-16(13)14-7-6-8-15(22-4)17(14)23-5/h13-18H,6-12H2,1-5H3/q-1. The Labute approximate surface area is 141 Å². The van der Waals surface area contributed by atoms with Crippen LogP contribution in [-0.2, 0) is 9.47 Å². The number of rotatable bonds is 8. The minimum Gasteiger partial charge on any atom is -0.591 e. The van der Waals surface area contributed by atoms with Crippen molar-refractivity contribution in [2.24, 2.45) is 11.8 Å². The van der Waals surface area contributed by atoms with Crippen LogP contribution >= 0.6 is 0 Å². The molecule has 0 radical (unpaired) electrons. The predicted molar refractivity (Wildman–Crippen MR) is 93.6 cm³/mol. The number of nitrogens with one attached hydrogen (secondary N) is 1. The molecule has 2 fully saturated rings. The van der Waals surface area contributed by atoms with Gasteiger partial charge >= 0.3 is 0 Å². The van der Waals surface area contributed by atoms with Gasteiger partial charge in [0.05, 0.1) is 12.2 Å². The first-order valence-corrected chi connectivity index (χ1v) is 8.91. The molecule has 0 aromatic rings. The molecular weight excluding hydrogens is 292 g/mol. The maximum atomic E-state index is 5.85. The Hall–Kier alpha value is -0.240. The van der Waals surface area contributed by atoms with Crippen LogP contribution in [0.25, 0.3) is 5.43 Å². The van der Waals surface area contributed by atoms with Crippen LogP contribution < -0.4 is 5.32 Å². The van der Waals surface area contributed by atoms with Gasteiger partial charge in [-0.1, -0.05) is 6.42 Å². The van der Waals surface area contributed by atoms with Crippen LogP contribution in [0.5, 0.6) is 0 Å². The van der Waals surface area contributed by atoms with E-state index >= 15 is 0 Å². The van der Waals surface area contributed by atoms with E-state index < -0.39 is 0 Å². The van der Waals surface area contributed by atoms with E-state index in [1.54, 1.807) is 7.11 Å². The zero-order valence-electron chi connectivity index (χ0n) is 15.5. The van der Waals surface area contributed by atoms with Crippen LogP contribution in [0.15, 0.2) is 0 Å². The molecule has 23 heavy (non-hydrogen) atoms. The Morgan fingerprint density at radius 1 is 1.26 bits per heavy atom. The number of nitrogens with zero attached hydrogens (tertiary/aromatic N) is 3. The minimum atomic E-state index is 0.166. The Kier molecular flexibility index (Phi) is 7.72. The van der Waals surface area contributed by atoms with Crippen molar-refractivity contribution in [3.63, 3.8) is 0 Å². The SMILES string of the molecule is CNCCN(C)CC1CN(C)[N-]C1C1CCCC(OC)C1OC. The fourth-order valence-electron chi connectivity index (χ4n) is 4.31. The van der Waals surface area contributed by atoms with E-state index in [0.29, 0.717) is 17.9 Å². The summed E-state index contributed by atoms with van der Waals surface area (Å²) in [5.74, 6) is 1.03. The summed E-state index contributed by atoms with van der Waals surface area (Å²) < 4.78 is 11.5. The minimum absolute atomic E-state index is 0.166. The molecule has 0 spiro atoms. The predicted octanol–water partition coefficient (Wildman–Crippen LogP) is 1.19. The molecule has 1 aliphatic carbocycles. The topological polar surface area (TPSA) is 51.1 Å². The molecule has 5 unspecified atom stereocenters. The molecule has 1 heterocycles. The summed E-state index contributed by atoms with van der Waals surface area (Å²) in [5.41, 5.74) is 4.95. The lowest BCUT2D eigenvalue weighted by atomic mass is 9.76. The van der Waals surface area contributed by atoms with Gasteiger partial charge in [0.15, 0.2) is 0 Å². The van der Waals surface area contributed by atoms with Gasteiger partial charge in [0.2, 0.25) is 0 Å². The van der Waals surface area contributed by atoms with Crippen LogP contribution in [0.2, 0.25) is 0 Å². The molecular formula is C17H35N4O2-. The second-order valence-corrected chi connectivity index (χ2v) is 7.14. The van der Waals surface area contributed by atoms with Crippen LogP contribution in [0.3, 0.4) is 0 Å². The molecule has 2 aliphatic rings. The lowest BCUT2D eigenvalue weighted by Gasteiger charge is -2.46. The molecule has 0 bridgehead atoms. The number of ether oxygens (including phenoxy) is 2. The van der Waals surface area contributed by atoms with Crippen molar-refractivity contribution < 1.29 is 9.47 Å². The van der Waals surface area contributed by atoms with Gasteiger partial charge in [-0.25, -0.2) is 0 Å². The van der Waals surface area contributed by atoms with Crippen molar-refractivity contribution in [2.45, 2.75) is 37.5 Å². The smallest absolute Gasteiger partial charge is 0.0847 e. The van der Waals surface area contributed by atoms with Gasteiger partial charge in [0, 0.05) is 33.9 Å². The summed E-state index contributed by atoms with van der Waals surface area (Å²) in [5, 5.41) is 5.35. The second kappa shape index (κ2) is 9.30. The summed E-state index contributed by atoms with van der Waals surface area (Å²) in [7, 11) is 9.94. The van der Waals surface area contributed by atoms with Crippen LogP contribution in [0.1, 0.15) is 19.3 Å². The van der Waals surface area contributed by atoms with E-state index in [1.807, 2.05) is 14.2 Å². The lowest BCUT2D eigenvalue weighted by molar-refractivity contribution is -0.0926. The molecule has 5 atom stereocenters. The Morgan fingerprint density at radius 2 is 2.04 bits per heavy atom. The Morgan fingerprint density at radius 3 is 2.70 bits per heavy atom. The van der Waals surface area contributed by atoms with Crippen LogP contribution in [0, 0.1) is 11.8 Å². The lowest BCUT2D eigenvalue weighted by Crippen LogP contribution is -2.47. The first-order valence-electron chi connectivity index (χ1n) is 8.91. The Balaban J connectivity index is 2.02. The molecule has 2 rings (SSSR count). The molecule has 1 saturated heterocycles. The zero-order chi connectivity index (χ0) is 16.8. The molecule has 6 heteroatoms. The highest BCUT2D eigenvalue weighted by atomic mass is 16.5. The van der Waals surface area contributed by atoms with Gasteiger partial charge in [-0.15, -0.1) is 6.04 Å². The van der Waals surface area contributed by atoms with Crippen molar-refractivity contribution in [1.82, 2.24) is 15.2 Å². The molecule has 0 aromatic heterocycles. The molecule has 136 valence electrons. The monoisotopic (exact) mass is 327 g/mol.